The molecular formula is C12H9ClFNO. The van der Waals surface area contributed by atoms with E-state index in [1.165, 1.54) is 12.1 Å². The van der Waals surface area contributed by atoms with Crippen LogP contribution >= 0.6 is 11.6 Å². The van der Waals surface area contributed by atoms with Gasteiger partial charge >= 0.3 is 0 Å². The van der Waals surface area contributed by atoms with E-state index in [1.807, 2.05) is 0 Å². The molecule has 0 saturated heterocycles. The monoisotopic (exact) mass is 237 g/mol. The third-order valence-electron chi connectivity index (χ3n) is 2.01. The van der Waals surface area contributed by atoms with Crippen LogP contribution in [0.2, 0.25) is 5.02 Å². The highest BCUT2D eigenvalue weighted by Crippen LogP contribution is 2.30. The Morgan fingerprint density at radius 3 is 2.50 bits per heavy atom. The van der Waals surface area contributed by atoms with Gasteiger partial charge in [0.2, 0.25) is 0 Å². The normalized spacial score (nSPS) is 10.1. The van der Waals surface area contributed by atoms with Crippen LogP contribution in [-0.4, -0.2) is 0 Å². The average molecular weight is 238 g/mol. The van der Waals surface area contributed by atoms with Crippen molar-refractivity contribution in [1.82, 2.24) is 0 Å². The second-order valence-electron chi connectivity index (χ2n) is 3.22. The van der Waals surface area contributed by atoms with Gasteiger partial charge in [0.15, 0.2) is 11.6 Å². The van der Waals surface area contributed by atoms with E-state index in [-0.39, 0.29) is 5.75 Å². The highest BCUT2D eigenvalue weighted by molar-refractivity contribution is 6.32. The molecule has 2 aromatic carbocycles. The number of hydrogen-bond donors (Lipinski definition) is 1. The maximum Gasteiger partial charge on any atom is 0.167 e. The maximum absolute atomic E-state index is 13.4. The molecule has 0 fully saturated rings. The van der Waals surface area contributed by atoms with E-state index >= 15 is 0 Å². The second-order valence-corrected chi connectivity index (χ2v) is 3.63. The zero-order valence-corrected chi connectivity index (χ0v) is 9.04. The number of nitrogens with two attached hydrogens (primary N) is 1. The fourth-order valence-electron chi connectivity index (χ4n) is 1.25. The molecule has 4 heteroatoms. The standard InChI is InChI=1S/C12H9ClFNO/c13-9-3-1-2-4-11(9)16-12-6-5-8(15)7-10(12)14/h1-7H,15H2. The highest BCUT2D eigenvalue weighted by atomic mass is 35.5. The Morgan fingerprint density at radius 2 is 1.81 bits per heavy atom. The number of rotatable bonds is 2. The number of para-hydroxylation sites is 1. The van der Waals surface area contributed by atoms with E-state index in [2.05, 4.69) is 0 Å². The lowest BCUT2D eigenvalue weighted by Gasteiger charge is -2.08. The summed E-state index contributed by atoms with van der Waals surface area (Å²) < 4.78 is 18.8. The van der Waals surface area contributed by atoms with Crippen molar-refractivity contribution in [3.05, 3.63) is 53.3 Å². The Hall–Kier alpha value is -1.74. The van der Waals surface area contributed by atoms with Crippen molar-refractivity contribution < 1.29 is 9.13 Å². The van der Waals surface area contributed by atoms with E-state index in [4.69, 9.17) is 22.1 Å². The third-order valence-corrected chi connectivity index (χ3v) is 2.32. The minimum atomic E-state index is -0.514. The van der Waals surface area contributed by atoms with Gasteiger partial charge in [0.1, 0.15) is 5.75 Å². The van der Waals surface area contributed by atoms with Crippen molar-refractivity contribution >= 4 is 17.3 Å². The predicted molar refractivity (Wildman–Crippen MR) is 62.3 cm³/mol. The largest absolute Gasteiger partial charge is 0.453 e. The first kappa shape index (κ1) is 10.8. The molecule has 0 aliphatic heterocycles. The molecule has 2 nitrogen and oxygen atoms in total. The topological polar surface area (TPSA) is 35.2 Å². The fourth-order valence-corrected chi connectivity index (χ4v) is 1.42. The Bertz CT molecular complexity index is 516. The van der Waals surface area contributed by atoms with Crippen LogP contribution in [0.5, 0.6) is 11.5 Å². The van der Waals surface area contributed by atoms with Crippen LogP contribution in [-0.2, 0) is 0 Å². The first-order valence-corrected chi connectivity index (χ1v) is 5.02. The first-order valence-electron chi connectivity index (χ1n) is 4.64. The molecule has 2 aromatic rings. The van der Waals surface area contributed by atoms with Gasteiger partial charge in [0.05, 0.1) is 5.02 Å². The van der Waals surface area contributed by atoms with Gasteiger partial charge in [-0.25, -0.2) is 4.39 Å². The number of hydrogen-bond acceptors (Lipinski definition) is 2. The minimum Gasteiger partial charge on any atom is -0.453 e. The average Bonchev–Trinajstić information content (AvgIpc) is 2.25. The minimum absolute atomic E-state index is 0.0994. The Balaban J connectivity index is 2.31. The van der Waals surface area contributed by atoms with Crippen molar-refractivity contribution in [1.29, 1.82) is 0 Å². The number of ether oxygens (including phenoxy) is 1. The molecule has 0 bridgehead atoms. The van der Waals surface area contributed by atoms with Crippen LogP contribution in [0.25, 0.3) is 0 Å². The molecule has 82 valence electrons. The molecule has 0 spiro atoms. The highest BCUT2D eigenvalue weighted by Gasteiger charge is 2.07. The molecule has 0 aliphatic rings. The predicted octanol–water partition coefficient (Wildman–Crippen LogP) is 3.85. The summed E-state index contributed by atoms with van der Waals surface area (Å²) in [4.78, 5) is 0. The van der Waals surface area contributed by atoms with Crippen LogP contribution < -0.4 is 10.5 Å². The van der Waals surface area contributed by atoms with E-state index in [0.29, 0.717) is 16.5 Å². The molecule has 0 saturated carbocycles. The quantitative estimate of drug-likeness (QED) is 0.805. The number of nitrogen functional groups attached to an aromatic ring is 1. The number of anilines is 1. The molecule has 2 N–H and O–H groups in total. The first-order chi connectivity index (χ1) is 7.66. The van der Waals surface area contributed by atoms with Gasteiger partial charge in [-0.3, -0.25) is 0 Å². The van der Waals surface area contributed by atoms with Crippen LogP contribution in [0.1, 0.15) is 0 Å². The summed E-state index contributed by atoms with van der Waals surface area (Å²) in [6.45, 7) is 0. The Kier molecular flexibility index (Phi) is 2.97. The summed E-state index contributed by atoms with van der Waals surface area (Å²) in [7, 11) is 0. The van der Waals surface area contributed by atoms with Gasteiger partial charge in [-0.1, -0.05) is 23.7 Å². The molecule has 16 heavy (non-hydrogen) atoms. The van der Waals surface area contributed by atoms with Gasteiger partial charge < -0.3 is 10.5 Å². The lowest BCUT2D eigenvalue weighted by atomic mass is 10.3. The van der Waals surface area contributed by atoms with Crippen LogP contribution in [0.15, 0.2) is 42.5 Å². The molecule has 0 atom stereocenters. The lowest BCUT2D eigenvalue weighted by Crippen LogP contribution is -1.91. The molecule has 0 aliphatic carbocycles. The smallest absolute Gasteiger partial charge is 0.167 e. The Morgan fingerprint density at radius 1 is 1.06 bits per heavy atom. The molecule has 2 rings (SSSR count). The summed E-state index contributed by atoms with van der Waals surface area (Å²) in [6, 6.07) is 11.1. The van der Waals surface area contributed by atoms with Crippen LogP contribution in [0, 0.1) is 5.82 Å². The fraction of sp³-hybridized carbons (Fsp3) is 0. The van der Waals surface area contributed by atoms with E-state index in [1.54, 1.807) is 30.3 Å². The number of halogens is 2. The van der Waals surface area contributed by atoms with Crippen molar-refractivity contribution in [3.63, 3.8) is 0 Å². The molecule has 0 amide bonds. The number of benzene rings is 2. The summed E-state index contributed by atoms with van der Waals surface area (Å²) in [5.41, 5.74) is 5.78. The summed E-state index contributed by atoms with van der Waals surface area (Å²) in [6.07, 6.45) is 0. The molecular weight excluding hydrogens is 229 g/mol. The third kappa shape index (κ3) is 2.25. The Labute approximate surface area is 97.4 Å². The van der Waals surface area contributed by atoms with Crippen molar-refractivity contribution in [2.75, 3.05) is 5.73 Å². The van der Waals surface area contributed by atoms with E-state index < -0.39 is 5.82 Å². The molecule has 0 heterocycles. The summed E-state index contributed by atoms with van der Waals surface area (Å²) in [5.74, 6) is -0.00458. The van der Waals surface area contributed by atoms with Gasteiger partial charge in [-0.15, -0.1) is 0 Å². The van der Waals surface area contributed by atoms with Gasteiger partial charge in [0.25, 0.3) is 0 Å². The van der Waals surface area contributed by atoms with E-state index in [9.17, 15) is 4.39 Å². The van der Waals surface area contributed by atoms with E-state index in [0.717, 1.165) is 0 Å². The van der Waals surface area contributed by atoms with Crippen molar-refractivity contribution in [2.24, 2.45) is 0 Å². The van der Waals surface area contributed by atoms with Crippen molar-refractivity contribution in [2.45, 2.75) is 0 Å². The summed E-state index contributed by atoms with van der Waals surface area (Å²) >= 11 is 5.89. The zero-order chi connectivity index (χ0) is 11.5. The SMILES string of the molecule is Nc1ccc(Oc2ccccc2Cl)c(F)c1. The zero-order valence-electron chi connectivity index (χ0n) is 8.28. The maximum atomic E-state index is 13.4. The van der Waals surface area contributed by atoms with Crippen molar-refractivity contribution in [3.8, 4) is 11.5 Å². The van der Waals surface area contributed by atoms with Crippen LogP contribution in [0.3, 0.4) is 0 Å². The van der Waals surface area contributed by atoms with Gasteiger partial charge in [-0.05, 0) is 24.3 Å². The second kappa shape index (κ2) is 4.41. The van der Waals surface area contributed by atoms with Gasteiger partial charge in [0, 0.05) is 11.8 Å². The summed E-state index contributed by atoms with van der Waals surface area (Å²) in [5, 5.41) is 0.429. The van der Waals surface area contributed by atoms with Gasteiger partial charge in [-0.2, -0.15) is 0 Å². The molecule has 0 aromatic heterocycles. The molecule has 0 unspecified atom stereocenters. The lowest BCUT2D eigenvalue weighted by molar-refractivity contribution is 0.443. The molecule has 0 radical (unpaired) electrons. The van der Waals surface area contributed by atoms with Crippen LogP contribution in [0.4, 0.5) is 10.1 Å².